The molecule has 4 amide bonds. The molecule has 0 spiro atoms. The number of hydrogen-bond donors (Lipinski definition) is 2. The van der Waals surface area contributed by atoms with E-state index in [0.717, 1.165) is 34.7 Å². The minimum Gasteiger partial charge on any atom is -0.342 e. The maximum atomic E-state index is 12.9. The first kappa shape index (κ1) is 29.7. The number of hydrogen-bond acceptors (Lipinski definition) is 7. The van der Waals surface area contributed by atoms with Gasteiger partial charge in [-0.3, -0.25) is 19.2 Å². The fourth-order valence-corrected chi connectivity index (χ4v) is 7.24. The Morgan fingerprint density at radius 2 is 1.64 bits per heavy atom. The third-order valence-corrected chi connectivity index (χ3v) is 9.93. The Bertz CT molecular complexity index is 1650. The van der Waals surface area contributed by atoms with Crippen LogP contribution >= 0.6 is 22.7 Å². The van der Waals surface area contributed by atoms with E-state index in [0.29, 0.717) is 37.4 Å². The largest absolute Gasteiger partial charge is 0.342 e. The molecule has 6 rings (SSSR count). The van der Waals surface area contributed by atoms with Crippen LogP contribution in [0.25, 0.3) is 21.8 Å². The van der Waals surface area contributed by atoms with Gasteiger partial charge in [-0.1, -0.05) is 18.2 Å². The van der Waals surface area contributed by atoms with E-state index in [2.05, 4.69) is 16.7 Å². The van der Waals surface area contributed by atoms with Gasteiger partial charge in [0.25, 0.3) is 0 Å². The normalized spacial score (nSPS) is 18.1. The van der Waals surface area contributed by atoms with Crippen molar-refractivity contribution >= 4 is 57.7 Å². The molecule has 0 bridgehead atoms. The van der Waals surface area contributed by atoms with E-state index in [1.165, 1.54) is 23.1 Å². The molecule has 0 radical (unpaired) electrons. The number of thiazole rings is 1. The maximum Gasteiger partial charge on any atom is 0.247 e. The Morgan fingerprint density at radius 3 is 2.32 bits per heavy atom. The standard InChI is InChI=1S/C33H33N5O4S2/c1-21(39)38-15-2-5-29(38)32(42)35-26-12-8-23(9-13-26)33-36-28(20-44-33)22-6-10-25(11-7-22)34-31(41)24-18-30(40)37(19-24)16-14-27-4-3-17-43-27/h3-4,6-13,17,20,24,29H,2,5,14-16,18-19H2,1H3,(H,34,41)(H,35,42)/t24?,29-/m0/s1. The van der Waals surface area contributed by atoms with Gasteiger partial charge in [0.05, 0.1) is 11.6 Å². The van der Waals surface area contributed by atoms with Crippen molar-refractivity contribution in [2.45, 2.75) is 38.6 Å². The van der Waals surface area contributed by atoms with Crippen molar-refractivity contribution in [3.63, 3.8) is 0 Å². The van der Waals surface area contributed by atoms with Gasteiger partial charge in [-0.25, -0.2) is 4.98 Å². The SMILES string of the molecule is CC(=O)N1CCC[C@H]1C(=O)Nc1ccc(-c2nc(-c3ccc(NC(=O)C4CC(=O)N(CCc5cccs5)C4)cc3)cs2)cc1. The zero-order valence-corrected chi connectivity index (χ0v) is 26.0. The van der Waals surface area contributed by atoms with Crippen LogP contribution in [0.2, 0.25) is 0 Å². The molecule has 44 heavy (non-hydrogen) atoms. The molecule has 226 valence electrons. The smallest absolute Gasteiger partial charge is 0.247 e. The lowest BCUT2D eigenvalue weighted by Gasteiger charge is -2.22. The number of likely N-dealkylation sites (tertiary alicyclic amines) is 2. The molecular weight excluding hydrogens is 595 g/mol. The van der Waals surface area contributed by atoms with Gasteiger partial charge in [-0.2, -0.15) is 0 Å². The van der Waals surface area contributed by atoms with Crippen molar-refractivity contribution in [2.75, 3.05) is 30.3 Å². The predicted molar refractivity (Wildman–Crippen MR) is 173 cm³/mol. The van der Waals surface area contributed by atoms with Crippen molar-refractivity contribution in [2.24, 2.45) is 5.92 Å². The molecule has 1 unspecified atom stereocenters. The van der Waals surface area contributed by atoms with Gasteiger partial charge >= 0.3 is 0 Å². The van der Waals surface area contributed by atoms with Crippen LogP contribution < -0.4 is 10.6 Å². The first-order chi connectivity index (χ1) is 21.3. The first-order valence-electron chi connectivity index (χ1n) is 14.7. The summed E-state index contributed by atoms with van der Waals surface area (Å²) in [4.78, 5) is 59.4. The summed E-state index contributed by atoms with van der Waals surface area (Å²) in [5.41, 5.74) is 4.05. The number of aromatic nitrogens is 1. The molecule has 2 aliphatic rings. The van der Waals surface area contributed by atoms with Crippen LogP contribution in [-0.2, 0) is 25.6 Å². The summed E-state index contributed by atoms with van der Waals surface area (Å²) in [5.74, 6) is -0.707. The Labute approximate surface area is 263 Å². The summed E-state index contributed by atoms with van der Waals surface area (Å²) in [6.07, 6.45) is 2.56. The molecule has 2 atom stereocenters. The summed E-state index contributed by atoms with van der Waals surface area (Å²) >= 11 is 3.21. The van der Waals surface area contributed by atoms with E-state index < -0.39 is 6.04 Å². The number of nitrogens with one attached hydrogen (secondary N) is 2. The van der Waals surface area contributed by atoms with Crippen LogP contribution in [0.5, 0.6) is 0 Å². The van der Waals surface area contributed by atoms with Crippen molar-refractivity contribution < 1.29 is 19.2 Å². The fraction of sp³-hybridized carbons (Fsp3) is 0.303. The second kappa shape index (κ2) is 13.1. The van der Waals surface area contributed by atoms with E-state index in [1.54, 1.807) is 21.1 Å². The zero-order chi connectivity index (χ0) is 30.6. The topological polar surface area (TPSA) is 112 Å². The molecule has 2 aromatic heterocycles. The third-order valence-electron chi connectivity index (χ3n) is 8.11. The highest BCUT2D eigenvalue weighted by atomic mass is 32.1. The average Bonchev–Trinajstić information content (AvgIpc) is 3.84. The van der Waals surface area contributed by atoms with Gasteiger partial charge < -0.3 is 20.4 Å². The van der Waals surface area contributed by atoms with Crippen LogP contribution in [0.4, 0.5) is 11.4 Å². The van der Waals surface area contributed by atoms with Gasteiger partial charge in [0.15, 0.2) is 0 Å². The number of benzene rings is 2. The lowest BCUT2D eigenvalue weighted by atomic mass is 10.1. The number of nitrogens with zero attached hydrogens (tertiary/aromatic N) is 3. The molecule has 2 aliphatic heterocycles. The first-order valence-corrected chi connectivity index (χ1v) is 16.5. The van der Waals surface area contributed by atoms with Crippen molar-refractivity contribution in [3.8, 4) is 21.8 Å². The van der Waals surface area contributed by atoms with E-state index in [1.807, 2.05) is 65.4 Å². The Kier molecular flexibility index (Phi) is 8.85. The van der Waals surface area contributed by atoms with E-state index in [9.17, 15) is 19.2 Å². The van der Waals surface area contributed by atoms with Gasteiger partial charge in [-0.15, -0.1) is 22.7 Å². The number of rotatable bonds is 9. The minimum absolute atomic E-state index is 0.0286. The van der Waals surface area contributed by atoms with Gasteiger partial charge in [0.2, 0.25) is 23.6 Å². The molecule has 4 heterocycles. The van der Waals surface area contributed by atoms with Gasteiger partial charge in [0.1, 0.15) is 11.0 Å². The second-order valence-electron chi connectivity index (χ2n) is 11.1. The average molecular weight is 628 g/mol. The van der Waals surface area contributed by atoms with E-state index in [4.69, 9.17) is 4.98 Å². The molecule has 2 saturated heterocycles. The van der Waals surface area contributed by atoms with Gasteiger partial charge in [0, 0.05) is 65.7 Å². The van der Waals surface area contributed by atoms with Crippen LogP contribution in [0.1, 0.15) is 31.1 Å². The van der Waals surface area contributed by atoms with Crippen LogP contribution in [0, 0.1) is 5.92 Å². The summed E-state index contributed by atoms with van der Waals surface area (Å²) in [6.45, 7) is 3.20. The fourth-order valence-electron chi connectivity index (χ4n) is 5.71. The maximum absolute atomic E-state index is 12.9. The van der Waals surface area contributed by atoms with Crippen LogP contribution in [-0.4, -0.2) is 64.1 Å². The number of thiophene rings is 1. The Balaban J connectivity index is 1.02. The van der Waals surface area contributed by atoms with E-state index >= 15 is 0 Å². The minimum atomic E-state index is -0.419. The molecule has 4 aromatic rings. The number of anilines is 2. The molecular formula is C33H33N5O4S2. The Hall–Kier alpha value is -4.35. The number of carbonyl (C=O) groups is 4. The molecule has 2 N–H and O–H groups in total. The molecule has 9 nitrogen and oxygen atoms in total. The predicted octanol–water partition coefficient (Wildman–Crippen LogP) is 5.52. The third kappa shape index (κ3) is 6.74. The van der Waals surface area contributed by atoms with Gasteiger partial charge in [-0.05, 0) is 67.1 Å². The van der Waals surface area contributed by atoms with Crippen molar-refractivity contribution in [3.05, 3.63) is 76.3 Å². The number of amides is 4. The lowest BCUT2D eigenvalue weighted by Crippen LogP contribution is -2.42. The summed E-state index contributed by atoms with van der Waals surface area (Å²) in [5, 5.41) is 10.8. The zero-order valence-electron chi connectivity index (χ0n) is 24.3. The molecule has 0 saturated carbocycles. The van der Waals surface area contributed by atoms with Crippen molar-refractivity contribution in [1.29, 1.82) is 0 Å². The highest BCUT2D eigenvalue weighted by Crippen LogP contribution is 2.31. The highest BCUT2D eigenvalue weighted by Gasteiger charge is 2.34. The molecule has 2 aromatic carbocycles. The molecule has 11 heteroatoms. The van der Waals surface area contributed by atoms with Crippen LogP contribution in [0.3, 0.4) is 0 Å². The monoisotopic (exact) mass is 627 g/mol. The summed E-state index contributed by atoms with van der Waals surface area (Å²) in [7, 11) is 0. The highest BCUT2D eigenvalue weighted by molar-refractivity contribution is 7.13. The summed E-state index contributed by atoms with van der Waals surface area (Å²) in [6, 6.07) is 18.7. The number of carbonyl (C=O) groups excluding carboxylic acids is 4. The quantitative estimate of drug-likeness (QED) is 0.254. The van der Waals surface area contributed by atoms with E-state index in [-0.39, 0.29) is 36.0 Å². The van der Waals surface area contributed by atoms with Crippen LogP contribution in [0.15, 0.2) is 71.4 Å². The second-order valence-corrected chi connectivity index (χ2v) is 13.0. The summed E-state index contributed by atoms with van der Waals surface area (Å²) < 4.78 is 0. The molecule has 2 fully saturated rings. The molecule has 0 aliphatic carbocycles. The lowest BCUT2D eigenvalue weighted by molar-refractivity contribution is -0.134. The Morgan fingerprint density at radius 1 is 0.932 bits per heavy atom. The van der Waals surface area contributed by atoms with Crippen molar-refractivity contribution in [1.82, 2.24) is 14.8 Å².